The minimum absolute atomic E-state index is 0.00403. The Hall–Kier alpha value is -3.77. The lowest BCUT2D eigenvalue weighted by molar-refractivity contribution is -0.132. The van der Waals surface area contributed by atoms with Crippen molar-refractivity contribution in [3.8, 4) is 5.75 Å². The second kappa shape index (κ2) is 9.84. The first-order valence-corrected chi connectivity index (χ1v) is 11.7. The summed E-state index contributed by atoms with van der Waals surface area (Å²) in [5.41, 5.74) is 2.49. The van der Waals surface area contributed by atoms with Gasteiger partial charge >= 0.3 is 0 Å². The van der Waals surface area contributed by atoms with Gasteiger partial charge in [-0.1, -0.05) is 35.9 Å². The van der Waals surface area contributed by atoms with Crippen LogP contribution in [0.1, 0.15) is 31.0 Å². The Balaban J connectivity index is 1.91. The molecule has 1 atom stereocenters. The molecule has 0 radical (unpaired) electrons. The molecule has 3 aromatic rings. The topological polar surface area (TPSA) is 70.1 Å². The third-order valence-corrected chi connectivity index (χ3v) is 5.97. The van der Waals surface area contributed by atoms with Crippen LogP contribution in [0.15, 0.2) is 78.4 Å². The van der Waals surface area contributed by atoms with E-state index in [1.165, 1.54) is 4.90 Å². The predicted molar refractivity (Wildman–Crippen MR) is 139 cm³/mol. The summed E-state index contributed by atoms with van der Waals surface area (Å²) in [5.74, 6) is -1.15. The SMILES string of the molecule is CC(C)Oc1cccc(C2/C(=C(/O)c3cccc(Cl)c3)C(=O)C(=O)N2c2ccc(N(C)C)cc2)c1. The molecule has 0 saturated carbocycles. The number of anilines is 2. The van der Waals surface area contributed by atoms with Crippen LogP contribution >= 0.6 is 11.6 Å². The Bertz CT molecular complexity index is 1300. The van der Waals surface area contributed by atoms with Gasteiger partial charge in [0.05, 0.1) is 17.7 Å². The van der Waals surface area contributed by atoms with Crippen molar-refractivity contribution in [3.63, 3.8) is 0 Å². The molecule has 1 unspecified atom stereocenters. The molecule has 3 aromatic carbocycles. The van der Waals surface area contributed by atoms with Crippen LogP contribution in [-0.4, -0.2) is 37.0 Å². The highest BCUT2D eigenvalue weighted by Crippen LogP contribution is 2.43. The van der Waals surface area contributed by atoms with Crippen LogP contribution in [0, 0.1) is 0 Å². The van der Waals surface area contributed by atoms with Crippen LogP contribution in [0.2, 0.25) is 5.02 Å². The Morgan fingerprint density at radius 3 is 2.31 bits per heavy atom. The number of carbonyl (C=O) groups is 2. The highest BCUT2D eigenvalue weighted by Gasteiger charge is 2.47. The molecular formula is C28H27ClN2O4. The smallest absolute Gasteiger partial charge is 0.300 e. The molecule has 0 aliphatic carbocycles. The molecule has 0 aromatic heterocycles. The van der Waals surface area contributed by atoms with E-state index in [9.17, 15) is 14.7 Å². The number of rotatable bonds is 6. The summed E-state index contributed by atoms with van der Waals surface area (Å²) in [5, 5.41) is 11.7. The van der Waals surface area contributed by atoms with Gasteiger partial charge in [0.1, 0.15) is 11.5 Å². The minimum atomic E-state index is -0.852. The van der Waals surface area contributed by atoms with E-state index in [1.807, 2.05) is 63.2 Å². The van der Waals surface area contributed by atoms with E-state index < -0.39 is 17.7 Å². The zero-order chi connectivity index (χ0) is 25.3. The number of Topliss-reactive ketones (excluding diaryl/α,β-unsaturated/α-hetero) is 1. The van der Waals surface area contributed by atoms with E-state index in [-0.39, 0.29) is 17.4 Å². The summed E-state index contributed by atoms with van der Waals surface area (Å²) >= 11 is 6.13. The number of halogens is 1. The first-order chi connectivity index (χ1) is 16.7. The number of hydrogen-bond acceptors (Lipinski definition) is 5. The average Bonchev–Trinajstić information content (AvgIpc) is 3.09. The molecule has 1 aliphatic heterocycles. The monoisotopic (exact) mass is 490 g/mol. The molecule has 1 aliphatic rings. The first-order valence-electron chi connectivity index (χ1n) is 11.3. The van der Waals surface area contributed by atoms with Crippen molar-refractivity contribution in [1.82, 2.24) is 0 Å². The van der Waals surface area contributed by atoms with E-state index >= 15 is 0 Å². The fourth-order valence-corrected chi connectivity index (χ4v) is 4.34. The highest BCUT2D eigenvalue weighted by molar-refractivity contribution is 6.51. The van der Waals surface area contributed by atoms with Crippen molar-refractivity contribution in [3.05, 3.63) is 94.5 Å². The van der Waals surface area contributed by atoms with Crippen LogP contribution in [0.4, 0.5) is 11.4 Å². The number of ketones is 1. The largest absolute Gasteiger partial charge is 0.507 e. The number of aliphatic hydroxyl groups is 1. The number of nitrogens with zero attached hydrogens (tertiary/aromatic N) is 2. The Labute approximate surface area is 210 Å². The molecule has 180 valence electrons. The number of amides is 1. The molecule has 1 heterocycles. The molecule has 35 heavy (non-hydrogen) atoms. The second-order valence-electron chi connectivity index (χ2n) is 8.83. The molecule has 1 N–H and O–H groups in total. The molecular weight excluding hydrogens is 464 g/mol. The van der Waals surface area contributed by atoms with Crippen LogP contribution in [-0.2, 0) is 9.59 Å². The molecule has 1 amide bonds. The van der Waals surface area contributed by atoms with E-state index in [0.717, 1.165) is 5.69 Å². The van der Waals surface area contributed by atoms with Gasteiger partial charge in [0.15, 0.2) is 0 Å². The zero-order valence-corrected chi connectivity index (χ0v) is 20.8. The summed E-state index contributed by atoms with van der Waals surface area (Å²) in [6.07, 6.45) is -0.0540. The summed E-state index contributed by atoms with van der Waals surface area (Å²) in [7, 11) is 3.85. The third kappa shape index (κ3) is 4.88. The summed E-state index contributed by atoms with van der Waals surface area (Å²) in [4.78, 5) is 30.0. The fourth-order valence-electron chi connectivity index (χ4n) is 4.15. The molecule has 6 nitrogen and oxygen atoms in total. The number of carbonyl (C=O) groups excluding carboxylic acids is 2. The molecule has 0 spiro atoms. The highest BCUT2D eigenvalue weighted by atomic mass is 35.5. The number of hydrogen-bond donors (Lipinski definition) is 1. The molecule has 1 fully saturated rings. The van der Waals surface area contributed by atoms with Crippen molar-refractivity contribution in [2.24, 2.45) is 0 Å². The average molecular weight is 491 g/mol. The van der Waals surface area contributed by atoms with Crippen molar-refractivity contribution in [2.45, 2.75) is 26.0 Å². The lowest BCUT2D eigenvalue weighted by Crippen LogP contribution is -2.29. The number of benzene rings is 3. The third-order valence-electron chi connectivity index (χ3n) is 5.73. The van der Waals surface area contributed by atoms with Crippen molar-refractivity contribution < 1.29 is 19.4 Å². The molecule has 1 saturated heterocycles. The summed E-state index contributed by atoms with van der Waals surface area (Å²) < 4.78 is 5.86. The fraction of sp³-hybridized carbons (Fsp3) is 0.214. The van der Waals surface area contributed by atoms with Gasteiger partial charge in [-0.25, -0.2) is 0 Å². The lowest BCUT2D eigenvalue weighted by atomic mass is 9.95. The van der Waals surface area contributed by atoms with Crippen LogP contribution in [0.5, 0.6) is 5.75 Å². The maximum atomic E-state index is 13.3. The standard InChI is InChI=1S/C28H27ClN2O4/c1-17(2)35-23-10-6-7-18(16-23)25-24(26(32)19-8-5-9-20(29)15-19)27(33)28(34)31(25)22-13-11-21(12-14-22)30(3)4/h5-17,25,32H,1-4H3/b26-24-. The van der Waals surface area contributed by atoms with Gasteiger partial charge in [0.25, 0.3) is 11.7 Å². The van der Waals surface area contributed by atoms with Gasteiger partial charge in [-0.2, -0.15) is 0 Å². The lowest BCUT2D eigenvalue weighted by Gasteiger charge is -2.26. The second-order valence-corrected chi connectivity index (χ2v) is 9.27. The van der Waals surface area contributed by atoms with E-state index in [4.69, 9.17) is 16.3 Å². The van der Waals surface area contributed by atoms with Crippen LogP contribution in [0.25, 0.3) is 5.76 Å². The maximum absolute atomic E-state index is 13.3. The van der Waals surface area contributed by atoms with Crippen LogP contribution < -0.4 is 14.5 Å². The Morgan fingerprint density at radius 1 is 1.00 bits per heavy atom. The summed E-state index contributed by atoms with van der Waals surface area (Å²) in [6.45, 7) is 3.84. The van der Waals surface area contributed by atoms with Crippen molar-refractivity contribution in [2.75, 3.05) is 23.9 Å². The quantitative estimate of drug-likeness (QED) is 0.268. The van der Waals surface area contributed by atoms with Gasteiger partial charge in [-0.3, -0.25) is 14.5 Å². The minimum Gasteiger partial charge on any atom is -0.507 e. The van der Waals surface area contributed by atoms with Gasteiger partial charge in [0.2, 0.25) is 0 Å². The van der Waals surface area contributed by atoms with Crippen molar-refractivity contribution >= 4 is 40.4 Å². The maximum Gasteiger partial charge on any atom is 0.300 e. The normalized spacial score (nSPS) is 17.2. The van der Waals surface area contributed by atoms with Gasteiger partial charge < -0.3 is 14.7 Å². The summed E-state index contributed by atoms with van der Waals surface area (Å²) in [6, 6.07) is 20.3. The Kier molecular flexibility index (Phi) is 6.85. The van der Waals surface area contributed by atoms with E-state index in [1.54, 1.807) is 42.5 Å². The van der Waals surface area contributed by atoms with Crippen LogP contribution in [0.3, 0.4) is 0 Å². The van der Waals surface area contributed by atoms with Gasteiger partial charge in [-0.15, -0.1) is 0 Å². The Morgan fingerprint density at radius 2 is 1.69 bits per heavy atom. The molecule has 0 bridgehead atoms. The number of aliphatic hydroxyl groups excluding tert-OH is 1. The van der Waals surface area contributed by atoms with E-state index in [0.29, 0.717) is 27.6 Å². The zero-order valence-electron chi connectivity index (χ0n) is 20.0. The van der Waals surface area contributed by atoms with Gasteiger partial charge in [-0.05, 0) is 67.9 Å². The molecule has 7 heteroatoms. The van der Waals surface area contributed by atoms with Gasteiger partial charge in [0, 0.05) is 36.1 Å². The van der Waals surface area contributed by atoms with E-state index in [2.05, 4.69) is 0 Å². The predicted octanol–water partition coefficient (Wildman–Crippen LogP) is 5.82. The number of ether oxygens (including phenoxy) is 1. The first kappa shape index (κ1) is 24.4. The molecule has 4 rings (SSSR count). The van der Waals surface area contributed by atoms with Crippen molar-refractivity contribution in [1.29, 1.82) is 0 Å².